The van der Waals surface area contributed by atoms with E-state index in [1.54, 1.807) is 0 Å². The van der Waals surface area contributed by atoms with Gasteiger partial charge in [-0.2, -0.15) is 0 Å². The lowest BCUT2D eigenvalue weighted by Crippen LogP contribution is -2.10. The molecule has 0 N–H and O–H groups in total. The van der Waals surface area contributed by atoms with Gasteiger partial charge in [0, 0.05) is 22.8 Å². The molecule has 0 fully saturated rings. The molecule has 0 saturated heterocycles. The Morgan fingerprint density at radius 2 is 1.75 bits per heavy atom. The summed E-state index contributed by atoms with van der Waals surface area (Å²) in [5, 5.41) is 2.20. The first-order valence-electron chi connectivity index (χ1n) is 9.84. The Hall–Kier alpha value is -3.14. The predicted octanol–water partition coefficient (Wildman–Crippen LogP) is 5.37. The molecule has 4 rings (SSSR count). The van der Waals surface area contributed by atoms with E-state index in [9.17, 15) is 4.79 Å². The van der Waals surface area contributed by atoms with Crippen LogP contribution in [0.15, 0.2) is 60.7 Å². The van der Waals surface area contributed by atoms with Crippen LogP contribution in [0, 0.1) is 0 Å². The van der Waals surface area contributed by atoms with Crippen LogP contribution in [0.1, 0.15) is 42.0 Å². The van der Waals surface area contributed by atoms with Gasteiger partial charge in [0.1, 0.15) is 5.69 Å². The zero-order valence-corrected chi connectivity index (χ0v) is 16.3. The first-order chi connectivity index (χ1) is 13.7. The minimum absolute atomic E-state index is 0.345. The second-order valence-corrected chi connectivity index (χ2v) is 6.91. The van der Waals surface area contributed by atoms with Crippen LogP contribution >= 0.6 is 0 Å². The van der Waals surface area contributed by atoms with Crippen molar-refractivity contribution in [3.05, 3.63) is 77.6 Å². The average Bonchev–Trinajstić information content (AvgIpc) is 3.03. The van der Waals surface area contributed by atoms with Crippen molar-refractivity contribution in [2.45, 2.75) is 33.2 Å². The second-order valence-electron chi connectivity index (χ2n) is 6.91. The van der Waals surface area contributed by atoms with E-state index in [0.717, 1.165) is 46.9 Å². The molecule has 2 aromatic heterocycles. The van der Waals surface area contributed by atoms with Crippen LogP contribution in [0.3, 0.4) is 0 Å². The maximum Gasteiger partial charge on any atom is 0.356 e. The fourth-order valence-electron chi connectivity index (χ4n) is 3.81. The lowest BCUT2D eigenvalue weighted by Gasteiger charge is -2.12. The Morgan fingerprint density at radius 3 is 2.50 bits per heavy atom. The van der Waals surface area contributed by atoms with Gasteiger partial charge in [0.2, 0.25) is 0 Å². The molecule has 2 aromatic carbocycles. The second kappa shape index (κ2) is 7.85. The summed E-state index contributed by atoms with van der Waals surface area (Å²) in [5.74, 6) is -0.360. The van der Waals surface area contributed by atoms with Crippen molar-refractivity contribution < 1.29 is 9.53 Å². The lowest BCUT2D eigenvalue weighted by atomic mass is 10.1. The number of hydrogen-bond acceptors (Lipinski definition) is 3. The number of benzene rings is 2. The minimum Gasteiger partial charge on any atom is -0.461 e. The van der Waals surface area contributed by atoms with E-state index < -0.39 is 0 Å². The predicted molar refractivity (Wildman–Crippen MR) is 113 cm³/mol. The molecule has 0 aliphatic rings. The van der Waals surface area contributed by atoms with Crippen molar-refractivity contribution in [3.8, 4) is 0 Å². The van der Waals surface area contributed by atoms with Crippen molar-refractivity contribution in [1.29, 1.82) is 0 Å². The van der Waals surface area contributed by atoms with Gasteiger partial charge in [-0.25, -0.2) is 9.78 Å². The molecular formula is C24H24N2O2. The number of carbonyl (C=O) groups excluding carboxylic acids is 1. The summed E-state index contributed by atoms with van der Waals surface area (Å²) >= 11 is 0. The van der Waals surface area contributed by atoms with Crippen LogP contribution in [0.2, 0.25) is 0 Å². The summed E-state index contributed by atoms with van der Waals surface area (Å²) in [4.78, 5) is 17.1. The molecule has 0 aliphatic heterocycles. The van der Waals surface area contributed by atoms with Crippen LogP contribution < -0.4 is 0 Å². The van der Waals surface area contributed by atoms with Gasteiger partial charge < -0.3 is 9.30 Å². The van der Waals surface area contributed by atoms with E-state index in [0.29, 0.717) is 12.3 Å². The van der Waals surface area contributed by atoms with Crippen molar-refractivity contribution in [2.75, 3.05) is 6.61 Å². The summed E-state index contributed by atoms with van der Waals surface area (Å²) in [6, 6.07) is 20.7. The largest absolute Gasteiger partial charge is 0.461 e. The maximum atomic E-state index is 12.4. The topological polar surface area (TPSA) is 44.1 Å². The highest BCUT2D eigenvalue weighted by molar-refractivity contribution is 6.10. The molecule has 4 nitrogen and oxygen atoms in total. The Labute approximate surface area is 164 Å². The smallest absolute Gasteiger partial charge is 0.356 e. The van der Waals surface area contributed by atoms with Gasteiger partial charge in [0.05, 0.1) is 17.8 Å². The minimum atomic E-state index is -0.360. The third-order valence-electron chi connectivity index (χ3n) is 4.97. The van der Waals surface area contributed by atoms with Crippen molar-refractivity contribution in [2.24, 2.45) is 0 Å². The van der Waals surface area contributed by atoms with Gasteiger partial charge in [-0.1, -0.05) is 61.9 Å². The van der Waals surface area contributed by atoms with Crippen molar-refractivity contribution in [3.63, 3.8) is 0 Å². The molecule has 2 heterocycles. The third kappa shape index (κ3) is 3.26. The van der Waals surface area contributed by atoms with E-state index >= 15 is 0 Å². The molecule has 0 atom stereocenters. The van der Waals surface area contributed by atoms with Crippen LogP contribution in [-0.2, 0) is 17.7 Å². The highest BCUT2D eigenvalue weighted by Crippen LogP contribution is 2.32. The van der Waals surface area contributed by atoms with Gasteiger partial charge in [0.25, 0.3) is 0 Å². The first kappa shape index (κ1) is 18.2. The van der Waals surface area contributed by atoms with E-state index in [1.807, 2.05) is 25.1 Å². The highest BCUT2D eigenvalue weighted by atomic mass is 16.5. The number of pyridine rings is 1. The molecule has 0 radical (unpaired) electrons. The number of rotatable bonds is 6. The van der Waals surface area contributed by atoms with Crippen LogP contribution in [0.4, 0.5) is 0 Å². The van der Waals surface area contributed by atoms with E-state index in [-0.39, 0.29) is 5.97 Å². The van der Waals surface area contributed by atoms with Crippen LogP contribution in [0.5, 0.6) is 0 Å². The van der Waals surface area contributed by atoms with Crippen molar-refractivity contribution in [1.82, 2.24) is 9.55 Å². The van der Waals surface area contributed by atoms with Gasteiger partial charge in [-0.05, 0) is 31.0 Å². The molecule has 4 heteroatoms. The van der Waals surface area contributed by atoms with Crippen LogP contribution in [-0.4, -0.2) is 22.1 Å². The van der Waals surface area contributed by atoms with Gasteiger partial charge >= 0.3 is 5.97 Å². The van der Waals surface area contributed by atoms with E-state index in [1.165, 1.54) is 5.56 Å². The standard InChI is InChI=1S/C24H24N2O2/c1-3-10-20-23-19(15-21(25-20)24(27)28-4-2)18-13-8-9-14-22(18)26(23)16-17-11-6-5-7-12-17/h5-9,11-15H,3-4,10,16H2,1-2H3. The number of nitrogens with zero attached hydrogens (tertiary/aromatic N) is 2. The first-order valence-corrected chi connectivity index (χ1v) is 9.84. The molecule has 28 heavy (non-hydrogen) atoms. The Balaban J connectivity index is 2.00. The van der Waals surface area contributed by atoms with Gasteiger partial charge in [0.15, 0.2) is 0 Å². The Kier molecular flexibility index (Phi) is 5.11. The van der Waals surface area contributed by atoms with Crippen molar-refractivity contribution >= 4 is 27.8 Å². The number of ether oxygens (including phenoxy) is 1. The highest BCUT2D eigenvalue weighted by Gasteiger charge is 2.19. The van der Waals surface area contributed by atoms with E-state index in [2.05, 4.69) is 54.0 Å². The number of hydrogen-bond donors (Lipinski definition) is 0. The maximum absolute atomic E-state index is 12.4. The quantitative estimate of drug-likeness (QED) is 0.428. The normalized spacial score (nSPS) is 11.2. The monoisotopic (exact) mass is 372 g/mol. The number of aromatic nitrogens is 2. The zero-order valence-electron chi connectivity index (χ0n) is 16.3. The molecule has 0 amide bonds. The molecular weight excluding hydrogens is 348 g/mol. The summed E-state index contributed by atoms with van der Waals surface area (Å²) in [5.41, 5.74) is 4.85. The fourth-order valence-corrected chi connectivity index (χ4v) is 3.81. The Morgan fingerprint density at radius 1 is 1.00 bits per heavy atom. The van der Waals surface area contributed by atoms with E-state index in [4.69, 9.17) is 9.72 Å². The molecule has 0 saturated carbocycles. The molecule has 4 aromatic rings. The molecule has 0 unspecified atom stereocenters. The van der Waals surface area contributed by atoms with Gasteiger partial charge in [-0.3, -0.25) is 0 Å². The number of carbonyl (C=O) groups is 1. The number of fused-ring (bicyclic) bond motifs is 3. The average molecular weight is 372 g/mol. The Bertz CT molecular complexity index is 1130. The molecule has 142 valence electrons. The number of para-hydroxylation sites is 1. The van der Waals surface area contributed by atoms with Crippen LogP contribution in [0.25, 0.3) is 21.8 Å². The zero-order chi connectivity index (χ0) is 19.5. The summed E-state index contributed by atoms with van der Waals surface area (Å²) < 4.78 is 7.54. The third-order valence-corrected chi connectivity index (χ3v) is 4.97. The summed E-state index contributed by atoms with van der Waals surface area (Å²) in [6.07, 6.45) is 1.77. The SMILES string of the molecule is CCCc1nc(C(=O)OCC)cc2c3ccccc3n(Cc3ccccc3)c12. The lowest BCUT2D eigenvalue weighted by molar-refractivity contribution is 0.0519. The molecule has 0 aliphatic carbocycles. The van der Waals surface area contributed by atoms with Gasteiger partial charge in [-0.15, -0.1) is 0 Å². The fraction of sp³-hybridized carbons (Fsp3) is 0.250. The summed E-state index contributed by atoms with van der Waals surface area (Å²) in [7, 11) is 0. The summed E-state index contributed by atoms with van der Waals surface area (Å²) in [6.45, 7) is 5.06. The number of esters is 1. The molecule has 0 bridgehead atoms. The molecule has 0 spiro atoms. The number of aryl methyl sites for hydroxylation is 1.